The molecule has 0 aliphatic rings. The van der Waals surface area contributed by atoms with Gasteiger partial charge in [-0.05, 0) is 37.1 Å². The second kappa shape index (κ2) is 6.60. The van der Waals surface area contributed by atoms with Gasteiger partial charge in [-0.25, -0.2) is 4.79 Å². The first-order valence-electron chi connectivity index (χ1n) is 4.71. The summed E-state index contributed by atoms with van der Waals surface area (Å²) >= 11 is 2.45. The molecule has 0 heterocycles. The van der Waals surface area contributed by atoms with Gasteiger partial charge in [-0.2, -0.15) is 0 Å². The molecule has 0 fully saturated rings. The fourth-order valence-electron chi connectivity index (χ4n) is 1.03. The van der Waals surface area contributed by atoms with Crippen LogP contribution in [0, 0.1) is 0 Å². The van der Waals surface area contributed by atoms with Crippen molar-refractivity contribution in [3.05, 3.63) is 24.3 Å². The van der Waals surface area contributed by atoms with Crippen molar-refractivity contribution in [2.24, 2.45) is 0 Å². The molecule has 0 spiro atoms. The number of hydrogen-bond acceptors (Lipinski definition) is 5. The van der Waals surface area contributed by atoms with E-state index >= 15 is 0 Å². The predicted molar refractivity (Wildman–Crippen MR) is 65.7 cm³/mol. The van der Waals surface area contributed by atoms with Gasteiger partial charge >= 0.3 is 11.1 Å². The Morgan fingerprint density at radius 3 is 2.44 bits per heavy atom. The quantitative estimate of drug-likeness (QED) is 0.472. The lowest BCUT2D eigenvalue weighted by Crippen LogP contribution is -2.13. The van der Waals surface area contributed by atoms with Gasteiger partial charge in [0.25, 0.3) is 0 Å². The molecule has 0 radical (unpaired) electrons. The first-order valence-corrected chi connectivity index (χ1v) is 6.75. The van der Waals surface area contributed by atoms with Crippen LogP contribution in [0.4, 0.5) is 0 Å². The van der Waals surface area contributed by atoms with Crippen LogP contribution >= 0.6 is 23.5 Å². The van der Waals surface area contributed by atoms with Crippen molar-refractivity contribution in [2.75, 3.05) is 12.9 Å². The molecule has 86 valence electrons. The number of esters is 1. The minimum atomic E-state index is -0.789. The zero-order valence-electron chi connectivity index (χ0n) is 9.06. The molecule has 5 heteroatoms. The first-order chi connectivity index (χ1) is 7.69. The SMILES string of the molecule is CCOC(=O)C(=O)Sc1ccccc1SC. The molecule has 0 aliphatic heterocycles. The lowest BCUT2D eigenvalue weighted by atomic mass is 10.4. The number of ether oxygens (including phenoxy) is 1. The van der Waals surface area contributed by atoms with E-state index in [1.54, 1.807) is 6.92 Å². The van der Waals surface area contributed by atoms with Gasteiger partial charge in [0.2, 0.25) is 0 Å². The van der Waals surface area contributed by atoms with E-state index in [-0.39, 0.29) is 6.61 Å². The summed E-state index contributed by atoms with van der Waals surface area (Å²) in [6.45, 7) is 1.89. The van der Waals surface area contributed by atoms with Crippen LogP contribution in [0.1, 0.15) is 6.92 Å². The van der Waals surface area contributed by atoms with Crippen LogP contribution in [0.5, 0.6) is 0 Å². The summed E-state index contributed by atoms with van der Waals surface area (Å²) in [5.74, 6) is -0.789. The van der Waals surface area contributed by atoms with Gasteiger partial charge < -0.3 is 4.74 Å². The molecule has 0 amide bonds. The topological polar surface area (TPSA) is 43.4 Å². The van der Waals surface area contributed by atoms with Crippen LogP contribution in [0.2, 0.25) is 0 Å². The summed E-state index contributed by atoms with van der Waals surface area (Å²) in [4.78, 5) is 24.4. The Balaban J connectivity index is 2.73. The minimum Gasteiger partial charge on any atom is -0.460 e. The van der Waals surface area contributed by atoms with Crippen molar-refractivity contribution in [3.8, 4) is 0 Å². The molecule has 0 atom stereocenters. The normalized spacial score (nSPS) is 9.88. The van der Waals surface area contributed by atoms with E-state index in [4.69, 9.17) is 0 Å². The molecule has 0 aromatic heterocycles. The molecule has 0 bridgehead atoms. The molecular formula is C11H12O3S2. The molecule has 16 heavy (non-hydrogen) atoms. The van der Waals surface area contributed by atoms with Crippen molar-refractivity contribution in [1.82, 2.24) is 0 Å². The molecule has 1 rings (SSSR count). The van der Waals surface area contributed by atoms with E-state index in [2.05, 4.69) is 4.74 Å². The Morgan fingerprint density at radius 2 is 1.88 bits per heavy atom. The Morgan fingerprint density at radius 1 is 1.25 bits per heavy atom. The summed E-state index contributed by atoms with van der Waals surface area (Å²) in [6, 6.07) is 7.45. The number of hydrogen-bond donors (Lipinski definition) is 0. The third-order valence-corrected chi connectivity index (χ3v) is 3.57. The van der Waals surface area contributed by atoms with Gasteiger partial charge in [-0.15, -0.1) is 11.8 Å². The highest BCUT2D eigenvalue weighted by molar-refractivity contribution is 8.15. The average molecular weight is 256 g/mol. The number of thioether (sulfide) groups is 2. The number of benzene rings is 1. The molecule has 0 unspecified atom stereocenters. The van der Waals surface area contributed by atoms with Gasteiger partial charge in [0.1, 0.15) is 0 Å². The number of carbonyl (C=O) groups excluding carboxylic acids is 2. The van der Waals surface area contributed by atoms with Crippen molar-refractivity contribution in [1.29, 1.82) is 0 Å². The van der Waals surface area contributed by atoms with E-state index in [9.17, 15) is 9.59 Å². The largest absolute Gasteiger partial charge is 0.460 e. The smallest absolute Gasteiger partial charge is 0.386 e. The summed E-state index contributed by atoms with van der Waals surface area (Å²) in [6.07, 6.45) is 1.92. The summed E-state index contributed by atoms with van der Waals surface area (Å²) < 4.78 is 4.63. The van der Waals surface area contributed by atoms with E-state index in [0.717, 1.165) is 21.6 Å². The molecule has 1 aromatic rings. The van der Waals surface area contributed by atoms with Crippen molar-refractivity contribution >= 4 is 34.6 Å². The monoisotopic (exact) mass is 256 g/mol. The first kappa shape index (κ1) is 13.1. The fourth-order valence-corrected chi connectivity index (χ4v) is 2.55. The fraction of sp³-hybridized carbons (Fsp3) is 0.273. The molecule has 0 aliphatic carbocycles. The minimum absolute atomic E-state index is 0.218. The number of rotatable bonds is 3. The predicted octanol–water partition coefficient (Wildman–Crippen LogP) is 2.59. The van der Waals surface area contributed by atoms with Gasteiger partial charge in [-0.1, -0.05) is 12.1 Å². The van der Waals surface area contributed by atoms with E-state index in [0.29, 0.717) is 0 Å². The third-order valence-electron chi connectivity index (χ3n) is 1.71. The van der Waals surface area contributed by atoms with Crippen molar-refractivity contribution in [2.45, 2.75) is 16.7 Å². The van der Waals surface area contributed by atoms with Crippen LogP contribution in [0.25, 0.3) is 0 Å². The van der Waals surface area contributed by atoms with Crippen LogP contribution in [0.3, 0.4) is 0 Å². The molecule has 0 N–H and O–H groups in total. The molecular weight excluding hydrogens is 244 g/mol. The maximum absolute atomic E-state index is 11.4. The van der Waals surface area contributed by atoms with Gasteiger partial charge in [0, 0.05) is 9.79 Å². The van der Waals surface area contributed by atoms with E-state index in [1.165, 1.54) is 11.8 Å². The molecule has 1 aromatic carbocycles. The molecule has 0 saturated carbocycles. The van der Waals surface area contributed by atoms with Crippen LogP contribution in [-0.4, -0.2) is 23.9 Å². The average Bonchev–Trinajstić information content (AvgIpc) is 2.30. The molecule has 0 saturated heterocycles. The lowest BCUT2D eigenvalue weighted by Gasteiger charge is -2.04. The van der Waals surface area contributed by atoms with Crippen molar-refractivity contribution in [3.63, 3.8) is 0 Å². The maximum atomic E-state index is 11.4. The zero-order chi connectivity index (χ0) is 12.0. The Hall–Kier alpha value is -0.940. The Labute approximate surface area is 103 Å². The highest BCUT2D eigenvalue weighted by Crippen LogP contribution is 2.29. The molecule has 3 nitrogen and oxygen atoms in total. The van der Waals surface area contributed by atoms with Crippen LogP contribution in [0.15, 0.2) is 34.1 Å². The van der Waals surface area contributed by atoms with Crippen molar-refractivity contribution < 1.29 is 14.3 Å². The standard InChI is InChI=1S/C11H12O3S2/c1-3-14-10(12)11(13)16-9-7-5-4-6-8(9)15-2/h4-7H,3H2,1-2H3. The lowest BCUT2D eigenvalue weighted by molar-refractivity contribution is -0.149. The highest BCUT2D eigenvalue weighted by atomic mass is 32.2. The second-order valence-electron chi connectivity index (χ2n) is 2.76. The Bertz CT molecular complexity index is 391. The third kappa shape index (κ3) is 3.57. The maximum Gasteiger partial charge on any atom is 0.386 e. The Kier molecular flexibility index (Phi) is 5.42. The second-order valence-corrected chi connectivity index (χ2v) is 4.62. The summed E-state index contributed by atoms with van der Waals surface area (Å²) in [7, 11) is 0. The zero-order valence-corrected chi connectivity index (χ0v) is 10.7. The number of carbonyl (C=O) groups is 2. The summed E-state index contributed by atoms with van der Waals surface area (Å²) in [5.41, 5.74) is 0. The van der Waals surface area contributed by atoms with Crippen LogP contribution in [-0.2, 0) is 14.3 Å². The summed E-state index contributed by atoms with van der Waals surface area (Å²) in [5, 5.41) is -0.580. The highest BCUT2D eigenvalue weighted by Gasteiger charge is 2.17. The van der Waals surface area contributed by atoms with E-state index in [1.807, 2.05) is 30.5 Å². The van der Waals surface area contributed by atoms with Crippen LogP contribution < -0.4 is 0 Å². The van der Waals surface area contributed by atoms with Gasteiger partial charge in [-0.3, -0.25) is 4.79 Å². The van der Waals surface area contributed by atoms with Gasteiger partial charge in [0.15, 0.2) is 0 Å². The van der Waals surface area contributed by atoms with E-state index < -0.39 is 11.1 Å². The van der Waals surface area contributed by atoms with Gasteiger partial charge in [0.05, 0.1) is 6.61 Å².